The van der Waals surface area contributed by atoms with Gasteiger partial charge in [-0.1, -0.05) is 36.4 Å². The van der Waals surface area contributed by atoms with E-state index in [2.05, 4.69) is 10.3 Å². The number of amides is 1. The van der Waals surface area contributed by atoms with Gasteiger partial charge in [0.2, 0.25) is 0 Å². The van der Waals surface area contributed by atoms with E-state index in [1.807, 2.05) is 42.5 Å². The number of hydrogen-bond donors (Lipinski definition) is 1. The van der Waals surface area contributed by atoms with E-state index in [4.69, 9.17) is 0 Å². The average Bonchev–Trinajstić information content (AvgIpc) is 3.06. The summed E-state index contributed by atoms with van der Waals surface area (Å²) in [6, 6.07) is 21.3. The number of carbonyl (C=O) groups excluding carboxylic acids is 1. The van der Waals surface area contributed by atoms with Gasteiger partial charge in [0.15, 0.2) is 0 Å². The summed E-state index contributed by atoms with van der Waals surface area (Å²) in [5.41, 5.74) is 2.48. The van der Waals surface area contributed by atoms with Gasteiger partial charge in [0.05, 0.1) is 15.8 Å². The van der Waals surface area contributed by atoms with Gasteiger partial charge in [-0.05, 0) is 36.4 Å². The minimum Gasteiger partial charge on any atom is -0.322 e. The van der Waals surface area contributed by atoms with Crippen LogP contribution in [0.2, 0.25) is 0 Å². The fourth-order valence-electron chi connectivity index (χ4n) is 2.57. The highest BCUT2D eigenvalue weighted by Crippen LogP contribution is 2.31. The van der Waals surface area contributed by atoms with Crippen molar-refractivity contribution in [2.75, 3.05) is 5.32 Å². The number of hydrogen-bond acceptors (Lipinski definition) is 3. The Labute approximate surface area is 147 Å². The lowest BCUT2D eigenvalue weighted by atomic mass is 10.1. The topological polar surface area (TPSA) is 42.0 Å². The second-order valence-electron chi connectivity index (χ2n) is 5.50. The Hall–Kier alpha value is -3.05. The van der Waals surface area contributed by atoms with Crippen molar-refractivity contribution in [3.63, 3.8) is 0 Å². The van der Waals surface area contributed by atoms with Crippen molar-refractivity contribution in [2.45, 2.75) is 0 Å². The molecule has 122 valence electrons. The van der Waals surface area contributed by atoms with Gasteiger partial charge in [0.25, 0.3) is 5.91 Å². The maximum atomic E-state index is 13.7. The van der Waals surface area contributed by atoms with E-state index in [1.165, 1.54) is 12.1 Å². The first-order valence-electron chi connectivity index (χ1n) is 7.72. The van der Waals surface area contributed by atoms with Gasteiger partial charge < -0.3 is 5.32 Å². The van der Waals surface area contributed by atoms with Crippen molar-refractivity contribution in [3.05, 3.63) is 84.2 Å². The number of nitrogens with zero attached hydrogens (tertiary/aromatic N) is 1. The number of benzene rings is 3. The Morgan fingerprint density at radius 1 is 0.960 bits per heavy atom. The minimum absolute atomic E-state index is 0.0212. The molecule has 3 aromatic carbocycles. The maximum absolute atomic E-state index is 13.7. The van der Waals surface area contributed by atoms with E-state index in [0.717, 1.165) is 20.8 Å². The van der Waals surface area contributed by atoms with Crippen molar-refractivity contribution in [3.8, 4) is 10.6 Å². The molecule has 1 N–H and O–H groups in total. The number of aromatic nitrogens is 1. The van der Waals surface area contributed by atoms with Crippen molar-refractivity contribution >= 4 is 33.1 Å². The molecule has 0 aliphatic rings. The van der Waals surface area contributed by atoms with Gasteiger partial charge in [-0.3, -0.25) is 4.79 Å². The Balaban J connectivity index is 1.63. The molecular formula is C20H13FN2OS. The lowest BCUT2D eigenvalue weighted by molar-refractivity contribution is 0.102. The molecule has 0 unspecified atom stereocenters. The molecule has 0 bridgehead atoms. The second-order valence-corrected chi connectivity index (χ2v) is 6.53. The van der Waals surface area contributed by atoms with E-state index in [0.29, 0.717) is 5.69 Å². The summed E-state index contributed by atoms with van der Waals surface area (Å²) in [6.45, 7) is 0. The summed E-state index contributed by atoms with van der Waals surface area (Å²) in [6.07, 6.45) is 0. The Morgan fingerprint density at radius 2 is 1.76 bits per heavy atom. The van der Waals surface area contributed by atoms with E-state index < -0.39 is 11.7 Å². The molecule has 0 aliphatic heterocycles. The predicted molar refractivity (Wildman–Crippen MR) is 99.4 cm³/mol. The van der Waals surface area contributed by atoms with Crippen molar-refractivity contribution < 1.29 is 9.18 Å². The molecule has 0 spiro atoms. The van der Waals surface area contributed by atoms with Crippen LogP contribution >= 0.6 is 11.3 Å². The lowest BCUT2D eigenvalue weighted by Gasteiger charge is -2.07. The molecule has 1 aromatic heterocycles. The molecule has 1 heterocycles. The van der Waals surface area contributed by atoms with Crippen molar-refractivity contribution in [1.29, 1.82) is 0 Å². The maximum Gasteiger partial charge on any atom is 0.258 e. The van der Waals surface area contributed by atoms with Crippen molar-refractivity contribution in [1.82, 2.24) is 4.98 Å². The molecule has 0 aliphatic carbocycles. The molecule has 0 atom stereocenters. The van der Waals surface area contributed by atoms with Crippen LogP contribution in [0.1, 0.15) is 10.4 Å². The Kier molecular flexibility index (Phi) is 3.99. The van der Waals surface area contributed by atoms with Gasteiger partial charge in [-0.15, -0.1) is 11.3 Å². The molecule has 0 saturated heterocycles. The number of fused-ring (bicyclic) bond motifs is 1. The Morgan fingerprint density at radius 3 is 2.60 bits per heavy atom. The molecule has 3 nitrogen and oxygen atoms in total. The van der Waals surface area contributed by atoms with Gasteiger partial charge in [-0.2, -0.15) is 0 Å². The zero-order chi connectivity index (χ0) is 17.2. The number of thiazole rings is 1. The van der Waals surface area contributed by atoms with E-state index in [1.54, 1.807) is 29.5 Å². The molecule has 4 aromatic rings. The number of carbonyl (C=O) groups is 1. The zero-order valence-corrected chi connectivity index (χ0v) is 13.9. The fourth-order valence-corrected chi connectivity index (χ4v) is 3.53. The van der Waals surface area contributed by atoms with Gasteiger partial charge in [0.1, 0.15) is 10.8 Å². The predicted octanol–water partition coefficient (Wildman–Crippen LogP) is 5.35. The molecule has 4 rings (SSSR count). The molecule has 0 fully saturated rings. The quantitative estimate of drug-likeness (QED) is 0.542. The van der Waals surface area contributed by atoms with Crippen LogP contribution in [0.15, 0.2) is 72.8 Å². The van der Waals surface area contributed by atoms with E-state index >= 15 is 0 Å². The first kappa shape index (κ1) is 15.5. The highest BCUT2D eigenvalue weighted by molar-refractivity contribution is 7.21. The van der Waals surface area contributed by atoms with Crippen LogP contribution in [-0.2, 0) is 0 Å². The summed E-state index contributed by atoms with van der Waals surface area (Å²) in [5.74, 6) is -1.01. The highest BCUT2D eigenvalue weighted by atomic mass is 32.1. The summed E-state index contributed by atoms with van der Waals surface area (Å²) in [4.78, 5) is 16.9. The summed E-state index contributed by atoms with van der Waals surface area (Å²) < 4.78 is 14.8. The van der Waals surface area contributed by atoms with Crippen LogP contribution in [0, 0.1) is 5.82 Å². The first-order valence-corrected chi connectivity index (χ1v) is 8.54. The Bertz CT molecular complexity index is 1040. The third kappa shape index (κ3) is 3.14. The molecule has 0 radical (unpaired) electrons. The van der Waals surface area contributed by atoms with Crippen LogP contribution in [0.25, 0.3) is 20.8 Å². The van der Waals surface area contributed by atoms with Crippen LogP contribution in [0.4, 0.5) is 10.1 Å². The summed E-state index contributed by atoms with van der Waals surface area (Å²) in [5, 5.41) is 3.62. The minimum atomic E-state index is -0.540. The van der Waals surface area contributed by atoms with Crippen LogP contribution in [0.3, 0.4) is 0 Å². The number of para-hydroxylation sites is 1. The van der Waals surface area contributed by atoms with Crippen LogP contribution < -0.4 is 5.32 Å². The SMILES string of the molecule is O=C(Nc1cccc(-c2nc3ccccc3s2)c1)c1ccccc1F. The summed E-state index contributed by atoms with van der Waals surface area (Å²) in [7, 11) is 0. The molecular weight excluding hydrogens is 335 g/mol. The lowest BCUT2D eigenvalue weighted by Crippen LogP contribution is -2.13. The van der Waals surface area contributed by atoms with Crippen LogP contribution in [-0.4, -0.2) is 10.9 Å². The van der Waals surface area contributed by atoms with Crippen LogP contribution in [0.5, 0.6) is 0 Å². The zero-order valence-electron chi connectivity index (χ0n) is 13.1. The largest absolute Gasteiger partial charge is 0.322 e. The third-order valence-corrected chi connectivity index (χ3v) is 4.87. The standard InChI is InChI=1S/C20H13FN2OS/c21-16-9-2-1-8-15(16)19(24)22-14-7-5-6-13(12-14)20-23-17-10-3-4-11-18(17)25-20/h1-12H,(H,22,24). The highest BCUT2D eigenvalue weighted by Gasteiger charge is 2.12. The third-order valence-electron chi connectivity index (χ3n) is 3.78. The van der Waals surface area contributed by atoms with E-state index in [9.17, 15) is 9.18 Å². The first-order chi connectivity index (χ1) is 12.2. The molecule has 25 heavy (non-hydrogen) atoms. The van der Waals surface area contributed by atoms with Gasteiger partial charge >= 0.3 is 0 Å². The smallest absolute Gasteiger partial charge is 0.258 e. The number of halogens is 1. The number of rotatable bonds is 3. The second kappa shape index (κ2) is 6.45. The fraction of sp³-hybridized carbons (Fsp3) is 0. The number of nitrogens with one attached hydrogen (secondary N) is 1. The van der Waals surface area contributed by atoms with Crippen molar-refractivity contribution in [2.24, 2.45) is 0 Å². The van der Waals surface area contributed by atoms with E-state index in [-0.39, 0.29) is 5.56 Å². The monoisotopic (exact) mass is 348 g/mol. The molecule has 5 heteroatoms. The number of anilines is 1. The van der Waals surface area contributed by atoms with Gasteiger partial charge in [0, 0.05) is 11.3 Å². The molecule has 0 saturated carbocycles. The van der Waals surface area contributed by atoms with Gasteiger partial charge in [-0.25, -0.2) is 9.37 Å². The average molecular weight is 348 g/mol. The molecule has 1 amide bonds. The summed E-state index contributed by atoms with van der Waals surface area (Å²) >= 11 is 1.59. The normalized spacial score (nSPS) is 10.8.